The molecular formula is C18H27N3O3. The Bertz CT molecular complexity index is 541. The molecule has 0 saturated carbocycles. The van der Waals surface area contributed by atoms with Gasteiger partial charge < -0.3 is 14.7 Å². The summed E-state index contributed by atoms with van der Waals surface area (Å²) in [7, 11) is 2.20. The second kappa shape index (κ2) is 7.96. The minimum absolute atomic E-state index is 0.293. The molecule has 2 heterocycles. The van der Waals surface area contributed by atoms with Gasteiger partial charge in [-0.1, -0.05) is 12.1 Å². The van der Waals surface area contributed by atoms with Crippen LogP contribution in [0, 0.1) is 0 Å². The Balaban J connectivity index is 1.46. The molecule has 0 radical (unpaired) electrons. The van der Waals surface area contributed by atoms with Crippen molar-refractivity contribution < 1.29 is 14.6 Å². The number of hydrogen-bond donors (Lipinski definition) is 1. The number of carbonyl (C=O) groups is 1. The molecule has 6 heteroatoms. The maximum Gasteiger partial charge on any atom is 0.341 e. The molecule has 1 atom stereocenters. The van der Waals surface area contributed by atoms with Crippen LogP contribution in [0.5, 0.6) is 5.75 Å². The number of benzene rings is 1. The second-order valence-electron chi connectivity index (χ2n) is 6.84. The molecule has 3 rings (SSSR count). The maximum absolute atomic E-state index is 10.5. The van der Waals surface area contributed by atoms with Crippen LogP contribution in [0.2, 0.25) is 0 Å². The van der Waals surface area contributed by atoms with E-state index in [2.05, 4.69) is 21.7 Å². The smallest absolute Gasteiger partial charge is 0.341 e. The number of carboxylic acid groups (broad SMARTS) is 1. The number of rotatable bonds is 6. The Kier molecular flexibility index (Phi) is 5.71. The minimum Gasteiger partial charge on any atom is -0.482 e. The number of likely N-dealkylation sites (N-methyl/N-ethyl adjacent to an activating group) is 1. The van der Waals surface area contributed by atoms with Crippen molar-refractivity contribution >= 4 is 5.97 Å². The third-order valence-electron chi connectivity index (χ3n) is 4.99. The highest BCUT2D eigenvalue weighted by Crippen LogP contribution is 2.20. The van der Waals surface area contributed by atoms with Gasteiger partial charge in [-0.25, -0.2) is 4.79 Å². The van der Waals surface area contributed by atoms with Gasteiger partial charge in [0, 0.05) is 51.9 Å². The largest absolute Gasteiger partial charge is 0.482 e. The van der Waals surface area contributed by atoms with Crippen molar-refractivity contribution in [3.63, 3.8) is 0 Å². The van der Waals surface area contributed by atoms with Crippen LogP contribution in [0.3, 0.4) is 0 Å². The predicted octanol–water partition coefficient (Wildman–Crippen LogP) is 0.972. The molecular weight excluding hydrogens is 306 g/mol. The standard InChI is InChI=1S/C18H27N3O3/c1-19-8-10-21(11-9-19)16-6-7-20(13-16)12-15-2-4-17(5-3-15)24-14-18(22)23/h2-5,16H,6-14H2,1H3,(H,22,23)/t16-/m0/s1. The summed E-state index contributed by atoms with van der Waals surface area (Å²) in [5.74, 6) is -0.344. The molecule has 0 aromatic heterocycles. The Morgan fingerprint density at radius 3 is 2.54 bits per heavy atom. The first-order valence-electron chi connectivity index (χ1n) is 8.68. The number of likely N-dealkylation sites (tertiary alicyclic amines) is 1. The predicted molar refractivity (Wildman–Crippen MR) is 92.3 cm³/mol. The monoisotopic (exact) mass is 333 g/mol. The topological polar surface area (TPSA) is 56.2 Å². The summed E-state index contributed by atoms with van der Waals surface area (Å²) >= 11 is 0. The van der Waals surface area contributed by atoms with E-state index in [-0.39, 0.29) is 6.61 Å². The first-order valence-corrected chi connectivity index (χ1v) is 8.68. The fourth-order valence-electron chi connectivity index (χ4n) is 3.54. The normalized spacial score (nSPS) is 23.5. The van der Waals surface area contributed by atoms with Crippen LogP contribution in [0.4, 0.5) is 0 Å². The van der Waals surface area contributed by atoms with Crippen molar-refractivity contribution in [2.24, 2.45) is 0 Å². The van der Waals surface area contributed by atoms with Gasteiger partial charge in [0.2, 0.25) is 0 Å². The van der Waals surface area contributed by atoms with E-state index >= 15 is 0 Å². The average Bonchev–Trinajstić information content (AvgIpc) is 3.03. The van der Waals surface area contributed by atoms with E-state index in [1.807, 2.05) is 24.3 Å². The lowest BCUT2D eigenvalue weighted by atomic mass is 10.2. The molecule has 2 aliphatic heterocycles. The van der Waals surface area contributed by atoms with Crippen molar-refractivity contribution in [2.75, 3.05) is 52.9 Å². The molecule has 2 aliphatic rings. The van der Waals surface area contributed by atoms with Gasteiger partial charge in [0.15, 0.2) is 6.61 Å². The van der Waals surface area contributed by atoms with E-state index in [1.165, 1.54) is 38.2 Å². The zero-order valence-electron chi connectivity index (χ0n) is 14.4. The molecule has 24 heavy (non-hydrogen) atoms. The number of nitrogens with zero attached hydrogens (tertiary/aromatic N) is 3. The summed E-state index contributed by atoms with van der Waals surface area (Å²) in [5.41, 5.74) is 1.25. The fraction of sp³-hybridized carbons (Fsp3) is 0.611. The van der Waals surface area contributed by atoms with Gasteiger partial charge in [-0.15, -0.1) is 0 Å². The van der Waals surface area contributed by atoms with Gasteiger partial charge in [0.25, 0.3) is 0 Å². The summed E-state index contributed by atoms with van der Waals surface area (Å²) in [6.45, 7) is 7.66. The summed E-state index contributed by atoms with van der Waals surface area (Å²) in [5, 5.41) is 8.63. The molecule has 6 nitrogen and oxygen atoms in total. The van der Waals surface area contributed by atoms with Gasteiger partial charge in [0.05, 0.1) is 0 Å². The lowest BCUT2D eigenvalue weighted by molar-refractivity contribution is -0.139. The third kappa shape index (κ3) is 4.69. The van der Waals surface area contributed by atoms with E-state index in [4.69, 9.17) is 9.84 Å². The van der Waals surface area contributed by atoms with E-state index in [0.29, 0.717) is 11.8 Å². The molecule has 2 saturated heterocycles. The number of hydrogen-bond acceptors (Lipinski definition) is 5. The highest BCUT2D eigenvalue weighted by molar-refractivity contribution is 5.68. The first-order chi connectivity index (χ1) is 11.6. The number of carboxylic acids is 1. The van der Waals surface area contributed by atoms with Crippen LogP contribution >= 0.6 is 0 Å². The summed E-state index contributed by atoms with van der Waals surface area (Å²) < 4.78 is 5.17. The number of aliphatic carboxylic acids is 1. The van der Waals surface area contributed by atoms with Crippen molar-refractivity contribution in [3.8, 4) is 5.75 Å². The van der Waals surface area contributed by atoms with Crippen molar-refractivity contribution in [1.82, 2.24) is 14.7 Å². The Morgan fingerprint density at radius 1 is 1.17 bits per heavy atom. The van der Waals surface area contributed by atoms with Crippen molar-refractivity contribution in [2.45, 2.75) is 19.0 Å². The highest BCUT2D eigenvalue weighted by Gasteiger charge is 2.29. The summed E-state index contributed by atoms with van der Waals surface area (Å²) in [6.07, 6.45) is 1.25. The molecule has 0 unspecified atom stereocenters. The average molecular weight is 333 g/mol. The van der Waals surface area contributed by atoms with Crippen LogP contribution in [-0.4, -0.2) is 84.7 Å². The van der Waals surface area contributed by atoms with E-state index in [0.717, 1.165) is 19.6 Å². The molecule has 2 fully saturated rings. The Hall–Kier alpha value is -1.63. The van der Waals surface area contributed by atoms with E-state index in [1.54, 1.807) is 0 Å². The van der Waals surface area contributed by atoms with Crippen molar-refractivity contribution in [1.29, 1.82) is 0 Å². The Labute approximate surface area is 143 Å². The van der Waals surface area contributed by atoms with Gasteiger partial charge in [-0.3, -0.25) is 9.80 Å². The van der Waals surface area contributed by atoms with Crippen molar-refractivity contribution in [3.05, 3.63) is 29.8 Å². The molecule has 0 spiro atoms. The van der Waals surface area contributed by atoms with Crippen LogP contribution in [0.1, 0.15) is 12.0 Å². The van der Waals surface area contributed by atoms with E-state index in [9.17, 15) is 4.79 Å². The van der Waals surface area contributed by atoms with Gasteiger partial charge in [-0.2, -0.15) is 0 Å². The summed E-state index contributed by atoms with van der Waals surface area (Å²) in [4.78, 5) is 18.1. The Morgan fingerprint density at radius 2 is 1.88 bits per heavy atom. The quantitative estimate of drug-likeness (QED) is 0.837. The summed E-state index contributed by atoms with van der Waals surface area (Å²) in [6, 6.07) is 8.45. The molecule has 1 aromatic carbocycles. The number of ether oxygens (including phenoxy) is 1. The molecule has 0 bridgehead atoms. The second-order valence-corrected chi connectivity index (χ2v) is 6.84. The first kappa shape index (κ1) is 17.2. The van der Waals surface area contributed by atoms with Gasteiger partial charge in [-0.05, 0) is 31.2 Å². The van der Waals surface area contributed by atoms with Crippen LogP contribution in [0.15, 0.2) is 24.3 Å². The maximum atomic E-state index is 10.5. The molecule has 132 valence electrons. The molecule has 1 aromatic rings. The van der Waals surface area contributed by atoms with Crippen LogP contribution in [-0.2, 0) is 11.3 Å². The zero-order chi connectivity index (χ0) is 16.9. The third-order valence-corrected chi connectivity index (χ3v) is 4.99. The zero-order valence-corrected chi connectivity index (χ0v) is 14.4. The lowest BCUT2D eigenvalue weighted by Gasteiger charge is -2.36. The SMILES string of the molecule is CN1CCN([C@H]2CCN(Cc3ccc(OCC(=O)O)cc3)C2)CC1. The molecule has 0 amide bonds. The van der Waals surface area contributed by atoms with Crippen LogP contribution in [0.25, 0.3) is 0 Å². The van der Waals surface area contributed by atoms with Gasteiger partial charge >= 0.3 is 5.97 Å². The lowest BCUT2D eigenvalue weighted by Crippen LogP contribution is -2.49. The number of piperazine rings is 1. The van der Waals surface area contributed by atoms with Gasteiger partial charge in [0.1, 0.15) is 5.75 Å². The van der Waals surface area contributed by atoms with Crippen LogP contribution < -0.4 is 4.74 Å². The molecule has 1 N–H and O–H groups in total. The van der Waals surface area contributed by atoms with E-state index < -0.39 is 5.97 Å². The highest BCUT2D eigenvalue weighted by atomic mass is 16.5. The fourth-order valence-corrected chi connectivity index (χ4v) is 3.54. The minimum atomic E-state index is -0.953. The molecule has 0 aliphatic carbocycles.